The van der Waals surface area contributed by atoms with E-state index in [9.17, 15) is 62.3 Å². The molecule has 0 saturated carbocycles. The number of aryl methyl sites for hydroxylation is 4. The van der Waals surface area contributed by atoms with Crippen LogP contribution in [0.1, 0.15) is 86.9 Å². The van der Waals surface area contributed by atoms with Gasteiger partial charge in [0.05, 0.1) is 22.3 Å². The number of aromatic nitrogens is 2. The van der Waals surface area contributed by atoms with Crippen LogP contribution < -0.4 is 29.6 Å². The Morgan fingerprint density at radius 2 is 0.560 bits per heavy atom. The summed E-state index contributed by atoms with van der Waals surface area (Å²) in [5.74, 6) is -11.7. The number of rotatable bonds is 16. The van der Waals surface area contributed by atoms with Gasteiger partial charge in [0.1, 0.15) is 58.1 Å². The van der Waals surface area contributed by atoms with Gasteiger partial charge in [-0.25, -0.2) is 0 Å². The predicted molar refractivity (Wildman–Crippen MR) is 336 cm³/mol. The number of hydrogen-bond acceptors (Lipinski definition) is 12. The van der Waals surface area contributed by atoms with Gasteiger partial charge in [0.15, 0.2) is 0 Å². The summed E-state index contributed by atoms with van der Waals surface area (Å²) in [5.41, 5.74) is -0.508. The van der Waals surface area contributed by atoms with Gasteiger partial charge in [-0.15, -0.1) is 0 Å². The maximum Gasteiger partial charge on any atom is 0.417 e. The van der Waals surface area contributed by atoms with Crippen LogP contribution in [0.3, 0.4) is 0 Å². The van der Waals surface area contributed by atoms with Crippen molar-refractivity contribution in [2.45, 2.75) is 76.6 Å². The van der Waals surface area contributed by atoms with Crippen molar-refractivity contribution in [3.8, 4) is 46.0 Å². The van der Waals surface area contributed by atoms with Crippen molar-refractivity contribution in [2.24, 2.45) is 0 Å². The van der Waals surface area contributed by atoms with Crippen molar-refractivity contribution >= 4 is 78.5 Å². The lowest BCUT2D eigenvalue weighted by Gasteiger charge is -2.36. The van der Waals surface area contributed by atoms with Gasteiger partial charge in [0.25, 0.3) is 23.6 Å². The van der Waals surface area contributed by atoms with Crippen LogP contribution in [0.25, 0.3) is 43.1 Å². The Bertz CT molecular complexity index is 4580. The molecule has 0 bridgehead atoms. The highest BCUT2D eigenvalue weighted by Crippen LogP contribution is 2.59. The molecule has 0 saturated heterocycles. The van der Waals surface area contributed by atoms with Crippen LogP contribution in [0, 0.1) is 27.7 Å². The summed E-state index contributed by atoms with van der Waals surface area (Å²) >= 11 is 0. The van der Waals surface area contributed by atoms with Crippen molar-refractivity contribution in [1.82, 2.24) is 30.4 Å². The first-order chi connectivity index (χ1) is 47.3. The number of imide groups is 2. The molecule has 2 aliphatic rings. The number of amides is 6. The number of carbonyl (C=O) groups excluding carboxylic acids is 6. The van der Waals surface area contributed by atoms with E-state index in [1.807, 2.05) is 0 Å². The third-order valence-electron chi connectivity index (χ3n) is 16.9. The zero-order valence-electron chi connectivity index (χ0n) is 51.9. The quantitative estimate of drug-likeness (QED) is 0.0403. The fourth-order valence-corrected chi connectivity index (χ4v) is 12.3. The minimum Gasteiger partial charge on any atom is -0.457 e. The van der Waals surface area contributed by atoms with Crippen molar-refractivity contribution in [1.29, 1.82) is 0 Å². The Labute approximate surface area is 556 Å². The van der Waals surface area contributed by atoms with Gasteiger partial charge in [-0.05, 0) is 136 Å². The van der Waals surface area contributed by atoms with E-state index in [2.05, 4.69) is 9.97 Å². The first-order valence-corrected chi connectivity index (χ1v) is 30.0. The van der Waals surface area contributed by atoms with Crippen LogP contribution in [0.4, 0.5) is 52.7 Å². The standard InChI is InChI=1S/C72H46F12N6O10/c1-33-5-13-39(14-6-33)97-47-29-43-51-44(64(94)89(63(43)93)59(37-21-25-85-26-22-37)61(91)87-67(69(73,74)75)70(76,77)78)31-49(99-41-17-9-35(3)10-18-41)55-56-50(100-42-19-11-36(4)12-20-42)32-46-52-45(30-48(54(58(52)56)53(47)57(51)55)98-40-15-7-34(2)8-16-40)65(95)90(66(46)96)60(38-23-27-86-28-24-38)62(92)88-68(71(79,80)81)72(82,83)84/h5-32,59-60,67-68H,1-4H3,(H,87,91)(H,88,92). The molecule has 0 fully saturated rings. The highest BCUT2D eigenvalue weighted by molar-refractivity contribution is 6.45. The van der Waals surface area contributed by atoms with Crippen molar-refractivity contribution in [3.05, 3.63) is 226 Å². The number of hydrogen-bond donors (Lipinski definition) is 2. The fraction of sp³-hybridized carbons (Fsp3) is 0.167. The van der Waals surface area contributed by atoms with E-state index in [0.29, 0.717) is 22.3 Å². The molecule has 2 unspecified atom stereocenters. The monoisotopic (exact) mass is 1380 g/mol. The molecular weight excluding hydrogens is 1340 g/mol. The number of fused-ring (bicyclic) bond motifs is 2. The van der Waals surface area contributed by atoms with E-state index < -0.39 is 118 Å². The minimum absolute atomic E-state index is 0.00967. The SMILES string of the molecule is Cc1ccc(Oc2cc3c4c(cc(Oc5ccc(C)cc5)c5c6c(Oc7ccc(C)cc7)cc7c8c(cc(Oc9ccc(C)cc9)c(c2c45)c86)C(=O)N(C(C(=O)NC(C(F)(F)F)C(F)(F)F)c2ccncc2)C7=O)C(=O)N(C(C(=O)NC(C(F)(F)F)C(F)(F)F)c2ccncc2)C3=O)cc1. The summed E-state index contributed by atoms with van der Waals surface area (Å²) in [6.45, 7) is 6.95. The normalized spacial score (nSPS) is 14.2. The maximum absolute atomic E-state index is 16.0. The van der Waals surface area contributed by atoms with Crippen LogP contribution in [-0.2, 0) is 9.59 Å². The van der Waals surface area contributed by atoms with Gasteiger partial charge >= 0.3 is 24.7 Å². The Morgan fingerprint density at radius 1 is 0.340 bits per heavy atom. The minimum atomic E-state index is -6.18. The van der Waals surface area contributed by atoms with Crippen molar-refractivity contribution in [2.75, 3.05) is 0 Å². The second-order valence-corrected chi connectivity index (χ2v) is 23.7. The molecule has 2 atom stereocenters. The molecule has 2 aliphatic heterocycles. The summed E-state index contributed by atoms with van der Waals surface area (Å²) < 4.78 is 200. The topological polar surface area (TPSA) is 196 Å². The number of nitrogens with one attached hydrogen (secondary N) is 2. The van der Waals surface area contributed by atoms with Gasteiger partial charge in [-0.1, -0.05) is 70.8 Å². The molecule has 16 nitrogen and oxygen atoms in total. The second kappa shape index (κ2) is 24.6. The number of carbonyl (C=O) groups is 6. The van der Waals surface area contributed by atoms with E-state index in [4.69, 9.17) is 18.9 Å². The highest BCUT2D eigenvalue weighted by Gasteiger charge is 2.60. The van der Waals surface area contributed by atoms with Gasteiger partial charge < -0.3 is 29.6 Å². The lowest BCUT2D eigenvalue weighted by atomic mass is 9.80. The van der Waals surface area contributed by atoms with Crippen LogP contribution in [-0.4, -0.2) is 92.0 Å². The molecule has 0 spiro atoms. The number of alkyl halides is 12. The molecule has 28 heteroatoms. The van der Waals surface area contributed by atoms with E-state index in [0.717, 1.165) is 84.0 Å². The summed E-state index contributed by atoms with van der Waals surface area (Å²) in [5, 5.41) is 0.251. The average molecular weight is 1380 g/mol. The highest BCUT2D eigenvalue weighted by atomic mass is 19.4. The number of pyridine rings is 2. The molecule has 508 valence electrons. The van der Waals surface area contributed by atoms with E-state index in [-0.39, 0.29) is 98.9 Å². The molecule has 2 N–H and O–H groups in total. The summed E-state index contributed by atoms with van der Waals surface area (Å²) in [6, 6.07) is 18.9. The molecule has 0 aliphatic carbocycles. The lowest BCUT2D eigenvalue weighted by Crippen LogP contribution is -2.58. The average Bonchev–Trinajstić information content (AvgIpc) is 0.671. The molecule has 13 rings (SSSR count). The van der Waals surface area contributed by atoms with Crippen LogP contribution in [0.15, 0.2) is 170 Å². The number of nitrogens with zero attached hydrogens (tertiary/aromatic N) is 4. The van der Waals surface area contributed by atoms with Gasteiger partial charge in [0, 0.05) is 67.9 Å². The first kappa shape index (κ1) is 66.8. The zero-order valence-corrected chi connectivity index (χ0v) is 51.9. The number of benzene rings is 9. The Hall–Kier alpha value is -11.8. The van der Waals surface area contributed by atoms with Gasteiger partial charge in [-0.2, -0.15) is 52.7 Å². The Kier molecular flexibility index (Phi) is 16.4. The summed E-state index contributed by atoms with van der Waals surface area (Å²) in [4.78, 5) is 101. The largest absolute Gasteiger partial charge is 0.457 e. The Morgan fingerprint density at radius 3 is 0.770 bits per heavy atom. The lowest BCUT2D eigenvalue weighted by molar-refractivity contribution is -0.259. The summed E-state index contributed by atoms with van der Waals surface area (Å²) in [6.07, 6.45) is -20.7. The zero-order chi connectivity index (χ0) is 71.4. The third kappa shape index (κ3) is 12.0. The molecule has 6 amide bonds. The third-order valence-corrected chi connectivity index (χ3v) is 16.9. The van der Waals surface area contributed by atoms with E-state index in [1.54, 1.807) is 76.2 Å². The molecule has 11 aromatic rings. The molecule has 9 aromatic carbocycles. The molecule has 2 aromatic heterocycles. The van der Waals surface area contributed by atoms with Crippen LogP contribution >= 0.6 is 0 Å². The van der Waals surface area contributed by atoms with E-state index >= 15 is 19.2 Å². The Balaban J connectivity index is 1.19. The molecule has 0 radical (unpaired) electrons. The number of ether oxygens (including phenoxy) is 4. The first-order valence-electron chi connectivity index (χ1n) is 30.0. The predicted octanol–water partition coefficient (Wildman–Crippen LogP) is 16.8. The van der Waals surface area contributed by atoms with E-state index in [1.165, 1.54) is 48.5 Å². The van der Waals surface area contributed by atoms with Crippen molar-refractivity contribution < 1.29 is 100 Å². The van der Waals surface area contributed by atoms with Crippen LogP contribution in [0.5, 0.6) is 46.0 Å². The molecule has 4 heterocycles. The maximum atomic E-state index is 16.0. The molecule has 100 heavy (non-hydrogen) atoms. The van der Waals surface area contributed by atoms with Gasteiger partial charge in [-0.3, -0.25) is 48.5 Å². The number of halogens is 12. The van der Waals surface area contributed by atoms with Gasteiger partial charge in [0.2, 0.25) is 23.9 Å². The smallest absolute Gasteiger partial charge is 0.417 e. The van der Waals surface area contributed by atoms with Crippen molar-refractivity contribution in [3.63, 3.8) is 0 Å². The summed E-state index contributed by atoms with van der Waals surface area (Å²) in [7, 11) is 0. The second-order valence-electron chi connectivity index (χ2n) is 23.7. The van der Waals surface area contributed by atoms with Crippen LogP contribution in [0.2, 0.25) is 0 Å². The molecular formula is C72H46F12N6O10. The fourth-order valence-electron chi connectivity index (χ4n) is 12.3.